The molecule has 4 heteroatoms. The number of nitrogens with zero attached hydrogens (tertiary/aromatic N) is 1. The zero-order chi connectivity index (χ0) is 10.3. The second-order valence-corrected chi connectivity index (χ2v) is 5.19. The van der Waals surface area contributed by atoms with E-state index < -0.39 is 0 Å². The van der Waals surface area contributed by atoms with Gasteiger partial charge in [0.1, 0.15) is 0 Å². The molecule has 0 aliphatic heterocycles. The van der Waals surface area contributed by atoms with Gasteiger partial charge < -0.3 is 10.7 Å². The van der Waals surface area contributed by atoms with Crippen molar-refractivity contribution in [3.05, 3.63) is 28.7 Å². The summed E-state index contributed by atoms with van der Waals surface area (Å²) in [5.41, 5.74) is 8.24. The third-order valence-electron chi connectivity index (χ3n) is 2.82. The maximum absolute atomic E-state index is 6.07. The number of aromatic nitrogens is 2. The first-order valence-electron chi connectivity index (χ1n) is 5.12. The van der Waals surface area contributed by atoms with Gasteiger partial charge in [0.15, 0.2) is 0 Å². The minimum Gasteiger partial charge on any atom is -0.360 e. The molecule has 1 aliphatic rings. The minimum atomic E-state index is 0.0604. The molecule has 0 bridgehead atoms. The summed E-state index contributed by atoms with van der Waals surface area (Å²) in [6.45, 7) is 0. The van der Waals surface area contributed by atoms with Gasteiger partial charge in [-0.1, -0.05) is 0 Å². The molecule has 3 rings (SSSR count). The number of thiazole rings is 1. The van der Waals surface area contributed by atoms with Crippen molar-refractivity contribution < 1.29 is 0 Å². The zero-order valence-electron chi connectivity index (χ0n) is 8.36. The van der Waals surface area contributed by atoms with Crippen LogP contribution in [0.5, 0.6) is 0 Å². The lowest BCUT2D eigenvalue weighted by molar-refractivity contribution is 0.669. The highest BCUT2D eigenvalue weighted by atomic mass is 32.1. The first kappa shape index (κ1) is 9.12. The molecule has 15 heavy (non-hydrogen) atoms. The van der Waals surface area contributed by atoms with Gasteiger partial charge in [0, 0.05) is 23.5 Å². The molecule has 2 aromatic heterocycles. The number of hydrogen-bond acceptors (Lipinski definition) is 3. The van der Waals surface area contributed by atoms with Crippen LogP contribution in [0.3, 0.4) is 0 Å². The summed E-state index contributed by atoms with van der Waals surface area (Å²) >= 11 is 1.70. The van der Waals surface area contributed by atoms with Gasteiger partial charge in [0.2, 0.25) is 0 Å². The highest BCUT2D eigenvalue weighted by Gasteiger charge is 2.38. The van der Waals surface area contributed by atoms with Gasteiger partial charge in [-0.05, 0) is 25.0 Å². The van der Waals surface area contributed by atoms with Crippen LogP contribution in [0.25, 0.3) is 11.4 Å². The van der Waals surface area contributed by atoms with E-state index in [9.17, 15) is 0 Å². The van der Waals surface area contributed by atoms with Crippen LogP contribution in [0.2, 0.25) is 0 Å². The van der Waals surface area contributed by atoms with Gasteiger partial charge in [-0.2, -0.15) is 0 Å². The molecule has 0 radical (unpaired) electrons. The Morgan fingerprint density at radius 2 is 2.40 bits per heavy atom. The quantitative estimate of drug-likeness (QED) is 0.831. The Morgan fingerprint density at radius 1 is 1.53 bits per heavy atom. The third-order valence-corrected chi connectivity index (χ3v) is 3.67. The summed E-state index contributed by atoms with van der Waals surface area (Å²) in [4.78, 5) is 7.74. The van der Waals surface area contributed by atoms with Crippen molar-refractivity contribution in [2.75, 3.05) is 0 Å². The number of hydrogen-bond donors (Lipinski definition) is 2. The third kappa shape index (κ3) is 1.82. The topological polar surface area (TPSA) is 54.7 Å². The Kier molecular flexibility index (Phi) is 1.94. The molecule has 2 heterocycles. The average molecular weight is 219 g/mol. The predicted molar refractivity (Wildman–Crippen MR) is 61.8 cm³/mol. The fourth-order valence-electron chi connectivity index (χ4n) is 1.64. The van der Waals surface area contributed by atoms with Gasteiger partial charge in [0.05, 0.1) is 16.4 Å². The highest BCUT2D eigenvalue weighted by Crippen LogP contribution is 2.36. The van der Waals surface area contributed by atoms with E-state index in [2.05, 4.69) is 15.3 Å². The molecule has 78 valence electrons. The van der Waals surface area contributed by atoms with Crippen molar-refractivity contribution in [2.24, 2.45) is 5.73 Å². The minimum absolute atomic E-state index is 0.0604. The Bertz CT molecular complexity index is 454. The highest BCUT2D eigenvalue weighted by molar-refractivity contribution is 7.09. The summed E-state index contributed by atoms with van der Waals surface area (Å²) in [6, 6.07) is 4.02. The lowest BCUT2D eigenvalue weighted by atomic mass is 10.2. The Morgan fingerprint density at radius 3 is 3.07 bits per heavy atom. The van der Waals surface area contributed by atoms with Crippen LogP contribution in [0, 0.1) is 0 Å². The van der Waals surface area contributed by atoms with Gasteiger partial charge >= 0.3 is 0 Å². The fraction of sp³-hybridized carbons (Fsp3) is 0.364. The zero-order valence-corrected chi connectivity index (χ0v) is 9.18. The normalized spacial score (nSPS) is 17.9. The van der Waals surface area contributed by atoms with Crippen LogP contribution in [-0.4, -0.2) is 15.5 Å². The molecule has 0 unspecified atom stereocenters. The SMILES string of the molecule is NC1(Cc2nc(-c3ccc[nH]3)cs2)CC1. The molecule has 0 amide bonds. The Balaban J connectivity index is 1.82. The van der Waals surface area contributed by atoms with Gasteiger partial charge in [-0.25, -0.2) is 4.98 Å². The fourth-order valence-corrected chi connectivity index (χ4v) is 2.59. The molecule has 3 nitrogen and oxygen atoms in total. The predicted octanol–water partition coefficient (Wildman–Crippen LogP) is 2.17. The first-order valence-corrected chi connectivity index (χ1v) is 6.00. The summed E-state index contributed by atoms with van der Waals surface area (Å²) in [7, 11) is 0. The molecule has 0 saturated heterocycles. The van der Waals surface area contributed by atoms with Crippen molar-refractivity contribution in [3.63, 3.8) is 0 Å². The summed E-state index contributed by atoms with van der Waals surface area (Å²) in [6.07, 6.45) is 5.13. The lowest BCUT2D eigenvalue weighted by Crippen LogP contribution is -2.24. The Labute approximate surface area is 92.4 Å². The van der Waals surface area contributed by atoms with Crippen molar-refractivity contribution in [2.45, 2.75) is 24.8 Å². The lowest BCUT2D eigenvalue weighted by Gasteiger charge is -2.03. The van der Waals surface area contributed by atoms with E-state index in [4.69, 9.17) is 5.73 Å². The van der Waals surface area contributed by atoms with E-state index in [1.165, 1.54) is 0 Å². The molecule has 0 spiro atoms. The van der Waals surface area contributed by atoms with Gasteiger partial charge in [0.25, 0.3) is 0 Å². The van der Waals surface area contributed by atoms with Crippen molar-refractivity contribution >= 4 is 11.3 Å². The molecule has 3 N–H and O–H groups in total. The summed E-state index contributed by atoms with van der Waals surface area (Å²) < 4.78 is 0. The van der Waals surface area contributed by atoms with Crippen LogP contribution < -0.4 is 5.73 Å². The standard InChI is InChI=1S/C11H13N3S/c12-11(3-4-11)6-10-14-9(7-15-10)8-2-1-5-13-8/h1-2,5,7,13H,3-4,6,12H2. The second-order valence-electron chi connectivity index (χ2n) is 4.25. The van der Waals surface area contributed by atoms with Crippen LogP contribution in [0.15, 0.2) is 23.7 Å². The van der Waals surface area contributed by atoms with Crippen LogP contribution >= 0.6 is 11.3 Å². The molecule has 0 atom stereocenters. The largest absolute Gasteiger partial charge is 0.360 e. The molecule has 2 aromatic rings. The van der Waals surface area contributed by atoms with E-state index in [0.717, 1.165) is 35.7 Å². The van der Waals surface area contributed by atoms with E-state index in [1.54, 1.807) is 11.3 Å². The van der Waals surface area contributed by atoms with Crippen molar-refractivity contribution in [1.82, 2.24) is 9.97 Å². The van der Waals surface area contributed by atoms with Gasteiger partial charge in [-0.15, -0.1) is 11.3 Å². The first-order chi connectivity index (χ1) is 7.25. The number of rotatable bonds is 3. The molecule has 1 saturated carbocycles. The van der Waals surface area contributed by atoms with E-state index in [1.807, 2.05) is 18.3 Å². The summed E-state index contributed by atoms with van der Waals surface area (Å²) in [5, 5.41) is 3.24. The summed E-state index contributed by atoms with van der Waals surface area (Å²) in [5.74, 6) is 0. The van der Waals surface area contributed by atoms with Crippen LogP contribution in [0.4, 0.5) is 0 Å². The number of nitrogens with two attached hydrogens (primary N) is 1. The van der Waals surface area contributed by atoms with Crippen molar-refractivity contribution in [1.29, 1.82) is 0 Å². The molecule has 1 aliphatic carbocycles. The number of nitrogens with one attached hydrogen (secondary N) is 1. The van der Waals surface area contributed by atoms with Crippen molar-refractivity contribution in [3.8, 4) is 11.4 Å². The van der Waals surface area contributed by atoms with Crippen LogP contribution in [-0.2, 0) is 6.42 Å². The van der Waals surface area contributed by atoms with E-state index in [0.29, 0.717) is 0 Å². The molecular formula is C11H13N3S. The maximum Gasteiger partial charge on any atom is 0.0976 e. The monoisotopic (exact) mass is 219 g/mol. The number of aromatic amines is 1. The average Bonchev–Trinajstić information content (AvgIpc) is 2.73. The second kappa shape index (κ2) is 3.18. The smallest absolute Gasteiger partial charge is 0.0976 e. The van der Waals surface area contributed by atoms with E-state index in [-0.39, 0.29) is 5.54 Å². The van der Waals surface area contributed by atoms with Gasteiger partial charge in [-0.3, -0.25) is 0 Å². The van der Waals surface area contributed by atoms with E-state index >= 15 is 0 Å². The van der Waals surface area contributed by atoms with Crippen LogP contribution in [0.1, 0.15) is 17.8 Å². The maximum atomic E-state index is 6.07. The molecular weight excluding hydrogens is 206 g/mol. The molecule has 0 aromatic carbocycles. The Hall–Kier alpha value is -1.13. The molecule has 1 fully saturated rings. The number of H-pyrrole nitrogens is 1.